The second-order valence-electron chi connectivity index (χ2n) is 5.51. The Labute approximate surface area is 121 Å². The molecule has 3 N–H and O–H groups in total. The third-order valence-corrected chi connectivity index (χ3v) is 5.83. The molecule has 0 unspecified atom stereocenters. The number of benzene rings is 1. The molecule has 0 spiro atoms. The number of rotatable bonds is 5. The lowest BCUT2D eigenvalue weighted by Crippen LogP contribution is -2.42. The molecular formula is C15H24N2O2S. The minimum atomic E-state index is -3.21. The number of sulfone groups is 1. The van der Waals surface area contributed by atoms with E-state index < -0.39 is 9.84 Å². The first-order valence-corrected chi connectivity index (χ1v) is 9.03. The molecule has 2 rings (SSSR count). The zero-order chi connectivity index (χ0) is 14.6. The van der Waals surface area contributed by atoms with Gasteiger partial charge in [0.15, 0.2) is 9.84 Å². The van der Waals surface area contributed by atoms with E-state index >= 15 is 0 Å². The molecule has 4 nitrogen and oxygen atoms in total. The molecule has 20 heavy (non-hydrogen) atoms. The van der Waals surface area contributed by atoms with Gasteiger partial charge in [-0.05, 0) is 31.4 Å². The number of nitrogens with one attached hydrogen (secondary N) is 1. The van der Waals surface area contributed by atoms with Crippen molar-refractivity contribution < 1.29 is 8.42 Å². The Morgan fingerprint density at radius 2 is 1.95 bits per heavy atom. The van der Waals surface area contributed by atoms with Gasteiger partial charge in [-0.2, -0.15) is 0 Å². The van der Waals surface area contributed by atoms with Crippen molar-refractivity contribution in [3.8, 4) is 0 Å². The molecule has 1 aliphatic carbocycles. The Kier molecular flexibility index (Phi) is 5.05. The van der Waals surface area contributed by atoms with Gasteiger partial charge in [0.25, 0.3) is 0 Å². The maximum Gasteiger partial charge on any atom is 0.180 e. The van der Waals surface area contributed by atoms with Crippen LogP contribution in [-0.2, 0) is 9.84 Å². The number of anilines is 1. The highest BCUT2D eigenvalue weighted by molar-refractivity contribution is 7.91. The number of hydrogen-bond donors (Lipinski definition) is 2. The van der Waals surface area contributed by atoms with Gasteiger partial charge in [-0.1, -0.05) is 31.9 Å². The van der Waals surface area contributed by atoms with Gasteiger partial charge in [-0.25, -0.2) is 8.42 Å². The van der Waals surface area contributed by atoms with Crippen molar-refractivity contribution >= 4 is 15.5 Å². The normalized spacial score (nSPS) is 23.5. The van der Waals surface area contributed by atoms with E-state index in [0.717, 1.165) is 25.7 Å². The van der Waals surface area contributed by atoms with Crippen LogP contribution >= 0.6 is 0 Å². The van der Waals surface area contributed by atoms with E-state index in [0.29, 0.717) is 17.0 Å². The Balaban J connectivity index is 2.24. The van der Waals surface area contributed by atoms with Crippen molar-refractivity contribution in [2.75, 3.05) is 11.1 Å². The summed E-state index contributed by atoms with van der Waals surface area (Å²) in [5.41, 5.74) is 6.83. The predicted octanol–water partition coefficient (Wildman–Crippen LogP) is 2.55. The zero-order valence-electron chi connectivity index (χ0n) is 12.0. The molecule has 0 bridgehead atoms. The molecule has 0 aliphatic heterocycles. The number of para-hydroxylation sites is 1. The average Bonchev–Trinajstić information content (AvgIpc) is 2.42. The largest absolute Gasteiger partial charge is 0.380 e. The van der Waals surface area contributed by atoms with Gasteiger partial charge in [-0.3, -0.25) is 0 Å². The average molecular weight is 296 g/mol. The van der Waals surface area contributed by atoms with E-state index in [-0.39, 0.29) is 17.8 Å². The smallest absolute Gasteiger partial charge is 0.180 e. The van der Waals surface area contributed by atoms with E-state index in [1.54, 1.807) is 12.1 Å². The summed E-state index contributed by atoms with van der Waals surface area (Å²) in [4.78, 5) is 0.402. The van der Waals surface area contributed by atoms with Crippen LogP contribution in [0.15, 0.2) is 29.2 Å². The van der Waals surface area contributed by atoms with Crippen LogP contribution in [0.1, 0.15) is 39.0 Å². The highest BCUT2D eigenvalue weighted by atomic mass is 32.2. The van der Waals surface area contributed by atoms with Gasteiger partial charge >= 0.3 is 0 Å². The maximum atomic E-state index is 12.3. The second kappa shape index (κ2) is 6.59. The molecule has 112 valence electrons. The second-order valence-corrected chi connectivity index (χ2v) is 7.59. The molecule has 0 heterocycles. The van der Waals surface area contributed by atoms with Crippen LogP contribution in [-0.4, -0.2) is 26.3 Å². The van der Waals surface area contributed by atoms with E-state index in [4.69, 9.17) is 5.73 Å². The summed E-state index contributed by atoms with van der Waals surface area (Å²) >= 11 is 0. The number of nitrogens with two attached hydrogens (primary N) is 1. The first kappa shape index (κ1) is 15.3. The third-order valence-electron chi connectivity index (χ3n) is 3.86. The fourth-order valence-electron chi connectivity index (χ4n) is 2.77. The van der Waals surface area contributed by atoms with Gasteiger partial charge in [0.2, 0.25) is 0 Å². The van der Waals surface area contributed by atoms with E-state index in [2.05, 4.69) is 5.32 Å². The van der Waals surface area contributed by atoms with Gasteiger partial charge in [0.05, 0.1) is 16.3 Å². The summed E-state index contributed by atoms with van der Waals surface area (Å²) in [5.74, 6) is 0.183. The van der Waals surface area contributed by atoms with Gasteiger partial charge < -0.3 is 11.1 Å². The van der Waals surface area contributed by atoms with E-state index in [1.165, 1.54) is 0 Å². The molecular weight excluding hydrogens is 272 g/mol. The van der Waals surface area contributed by atoms with Gasteiger partial charge in [-0.15, -0.1) is 0 Å². The summed E-state index contributed by atoms with van der Waals surface area (Å²) in [6, 6.07) is 7.43. The van der Waals surface area contributed by atoms with Crippen molar-refractivity contribution in [3.05, 3.63) is 24.3 Å². The van der Waals surface area contributed by atoms with Crippen molar-refractivity contribution in [2.45, 2.75) is 56.0 Å². The quantitative estimate of drug-likeness (QED) is 0.876. The van der Waals surface area contributed by atoms with Crippen LogP contribution in [0, 0.1) is 0 Å². The minimum absolute atomic E-state index is 0.102. The summed E-state index contributed by atoms with van der Waals surface area (Å²) in [7, 11) is -3.21. The summed E-state index contributed by atoms with van der Waals surface area (Å²) in [5, 5.41) is 3.36. The lowest BCUT2D eigenvalue weighted by molar-refractivity contribution is 0.403. The molecule has 1 aliphatic rings. The zero-order valence-corrected chi connectivity index (χ0v) is 12.8. The molecule has 0 saturated heterocycles. The monoisotopic (exact) mass is 296 g/mol. The summed E-state index contributed by atoms with van der Waals surface area (Å²) in [6.07, 6.45) is 4.94. The maximum absolute atomic E-state index is 12.3. The van der Waals surface area contributed by atoms with Crippen LogP contribution in [0.2, 0.25) is 0 Å². The van der Waals surface area contributed by atoms with Crippen LogP contribution in [0.25, 0.3) is 0 Å². The molecule has 0 amide bonds. The molecule has 0 radical (unpaired) electrons. The molecule has 1 aromatic rings. The Hall–Kier alpha value is -1.07. The van der Waals surface area contributed by atoms with Crippen molar-refractivity contribution in [1.29, 1.82) is 0 Å². The molecule has 1 saturated carbocycles. The van der Waals surface area contributed by atoms with Crippen LogP contribution < -0.4 is 11.1 Å². The van der Waals surface area contributed by atoms with Crippen LogP contribution in [0.3, 0.4) is 0 Å². The highest BCUT2D eigenvalue weighted by Crippen LogP contribution is 2.26. The van der Waals surface area contributed by atoms with E-state index in [1.807, 2.05) is 19.1 Å². The molecule has 2 atom stereocenters. The Morgan fingerprint density at radius 3 is 2.65 bits per heavy atom. The number of hydrogen-bond acceptors (Lipinski definition) is 4. The van der Waals surface area contributed by atoms with E-state index in [9.17, 15) is 8.42 Å². The Morgan fingerprint density at radius 1 is 1.25 bits per heavy atom. The highest BCUT2D eigenvalue weighted by Gasteiger charge is 2.24. The molecule has 1 aromatic carbocycles. The SMILES string of the molecule is CCCS(=O)(=O)c1ccccc1N[C@@H]1CCCC[C@H]1N. The lowest BCUT2D eigenvalue weighted by atomic mass is 9.91. The van der Waals surface area contributed by atoms with Gasteiger partial charge in [0, 0.05) is 12.1 Å². The minimum Gasteiger partial charge on any atom is -0.380 e. The first-order chi connectivity index (χ1) is 9.54. The molecule has 5 heteroatoms. The third kappa shape index (κ3) is 3.52. The van der Waals surface area contributed by atoms with Crippen molar-refractivity contribution in [2.24, 2.45) is 5.73 Å². The first-order valence-electron chi connectivity index (χ1n) is 7.38. The molecule has 0 aromatic heterocycles. The summed E-state index contributed by atoms with van der Waals surface area (Å²) in [6.45, 7) is 1.88. The standard InChI is InChI=1S/C15H24N2O2S/c1-2-11-20(18,19)15-10-6-5-9-14(15)17-13-8-4-3-7-12(13)16/h5-6,9-10,12-13,17H,2-4,7-8,11,16H2,1H3/t12-,13-/m1/s1. The summed E-state index contributed by atoms with van der Waals surface area (Å²) < 4.78 is 24.6. The van der Waals surface area contributed by atoms with Gasteiger partial charge in [0.1, 0.15) is 0 Å². The lowest BCUT2D eigenvalue weighted by Gasteiger charge is -2.30. The fourth-order valence-corrected chi connectivity index (χ4v) is 4.28. The van der Waals surface area contributed by atoms with Crippen LogP contribution in [0.4, 0.5) is 5.69 Å². The Bertz CT molecular complexity index is 543. The topological polar surface area (TPSA) is 72.2 Å². The van der Waals surface area contributed by atoms with Crippen molar-refractivity contribution in [3.63, 3.8) is 0 Å². The molecule has 1 fully saturated rings. The predicted molar refractivity (Wildman–Crippen MR) is 82.6 cm³/mol. The van der Waals surface area contributed by atoms with Crippen LogP contribution in [0.5, 0.6) is 0 Å². The van der Waals surface area contributed by atoms with Crippen molar-refractivity contribution in [1.82, 2.24) is 0 Å². The fraction of sp³-hybridized carbons (Fsp3) is 0.600.